The van der Waals surface area contributed by atoms with Crippen molar-refractivity contribution in [2.45, 2.75) is 115 Å². The Hall–Kier alpha value is -2.96. The number of carbonyl (C=O) groups excluding carboxylic acids is 2. The minimum absolute atomic E-state index is 0.123. The Bertz CT molecular complexity index is 1120. The highest BCUT2D eigenvalue weighted by molar-refractivity contribution is 5.89. The minimum atomic E-state index is -0.246. The van der Waals surface area contributed by atoms with Crippen LogP contribution in [0.15, 0.2) is 72.8 Å². The summed E-state index contributed by atoms with van der Waals surface area (Å²) in [6.45, 7) is 19.6. The summed E-state index contributed by atoms with van der Waals surface area (Å²) in [7, 11) is 0. The molecule has 2 fully saturated rings. The van der Waals surface area contributed by atoms with E-state index in [-0.39, 0.29) is 46.3 Å². The molecule has 0 saturated carbocycles. The van der Waals surface area contributed by atoms with Gasteiger partial charge in [0, 0.05) is 60.9 Å². The van der Waals surface area contributed by atoms with E-state index in [0.29, 0.717) is 11.1 Å². The predicted molar refractivity (Wildman–Crippen MR) is 169 cm³/mol. The molecule has 0 bridgehead atoms. The second-order valence-electron chi connectivity index (χ2n) is 14.5. The molecule has 2 aromatic rings. The van der Waals surface area contributed by atoms with Gasteiger partial charge in [-0.3, -0.25) is 9.80 Å². The third-order valence-electron chi connectivity index (χ3n) is 9.14. The van der Waals surface area contributed by atoms with Crippen molar-refractivity contribution >= 4 is 11.9 Å². The Morgan fingerprint density at radius 3 is 1.17 bits per heavy atom. The van der Waals surface area contributed by atoms with Crippen LogP contribution in [-0.4, -0.2) is 69.2 Å². The average molecular weight is 575 g/mol. The summed E-state index contributed by atoms with van der Waals surface area (Å²) >= 11 is 0. The molecule has 2 aliphatic heterocycles. The molecule has 228 valence electrons. The lowest BCUT2D eigenvalue weighted by molar-refractivity contribution is -0.0837. The maximum Gasteiger partial charge on any atom is 0.338 e. The molecule has 0 unspecified atom stereocenters. The first-order valence-corrected chi connectivity index (χ1v) is 15.3. The zero-order valence-corrected chi connectivity index (χ0v) is 26.9. The van der Waals surface area contributed by atoms with E-state index in [1.807, 2.05) is 36.4 Å². The van der Waals surface area contributed by atoms with Crippen LogP contribution in [0.2, 0.25) is 0 Å². The van der Waals surface area contributed by atoms with E-state index < -0.39 is 0 Å². The smallest absolute Gasteiger partial charge is 0.338 e. The second-order valence-corrected chi connectivity index (χ2v) is 14.5. The fourth-order valence-electron chi connectivity index (χ4n) is 7.55. The first-order valence-electron chi connectivity index (χ1n) is 15.3. The van der Waals surface area contributed by atoms with Crippen LogP contribution in [0.5, 0.6) is 0 Å². The van der Waals surface area contributed by atoms with Crippen LogP contribution in [0.1, 0.15) is 102 Å². The molecule has 0 aliphatic carbocycles. The number of nitrogens with zero attached hydrogens (tertiary/aromatic N) is 2. The fraction of sp³-hybridized carbons (Fsp3) is 0.556. The number of esters is 2. The van der Waals surface area contributed by atoms with Gasteiger partial charge in [-0.25, -0.2) is 9.59 Å². The molecule has 2 aliphatic rings. The first-order chi connectivity index (χ1) is 19.6. The van der Waals surface area contributed by atoms with Gasteiger partial charge in [-0.1, -0.05) is 48.6 Å². The van der Waals surface area contributed by atoms with Crippen molar-refractivity contribution in [2.24, 2.45) is 0 Å². The molecule has 4 rings (SSSR count). The summed E-state index contributed by atoms with van der Waals surface area (Å²) in [6, 6.07) is 18.5. The van der Waals surface area contributed by atoms with Crippen LogP contribution < -0.4 is 0 Å². The monoisotopic (exact) mass is 574 g/mol. The van der Waals surface area contributed by atoms with E-state index in [9.17, 15) is 9.59 Å². The van der Waals surface area contributed by atoms with E-state index in [2.05, 4.69) is 77.3 Å². The highest BCUT2D eigenvalue weighted by atomic mass is 16.5. The molecule has 0 N–H and O–H groups in total. The van der Waals surface area contributed by atoms with Crippen molar-refractivity contribution in [3.05, 3.63) is 83.9 Å². The summed E-state index contributed by atoms with van der Waals surface area (Å²) in [5.74, 6) is -0.492. The molecule has 0 amide bonds. The highest BCUT2D eigenvalue weighted by Gasteiger charge is 2.47. The largest absolute Gasteiger partial charge is 0.459 e. The Labute approximate surface area is 253 Å². The maximum absolute atomic E-state index is 12.7. The number of hydrogen-bond donors (Lipinski definition) is 0. The summed E-state index contributed by atoms with van der Waals surface area (Å²) in [6.07, 6.45) is 7.48. The van der Waals surface area contributed by atoms with E-state index in [1.54, 1.807) is 24.3 Å². The SMILES string of the molecule is CC1(C)CC(OC(=O)c2ccccc2)CC(C)(C)N1CC=CCN1C(C)(C)CC(OC(=O)c2ccccc2)CC1(C)C. The molecule has 2 saturated heterocycles. The third kappa shape index (κ3) is 7.51. The van der Waals surface area contributed by atoms with Crippen molar-refractivity contribution < 1.29 is 19.1 Å². The fourth-order valence-corrected chi connectivity index (χ4v) is 7.55. The number of hydrogen-bond acceptors (Lipinski definition) is 6. The number of ether oxygens (including phenoxy) is 2. The van der Waals surface area contributed by atoms with Gasteiger partial charge in [0.15, 0.2) is 0 Å². The van der Waals surface area contributed by atoms with Crippen molar-refractivity contribution in [2.75, 3.05) is 13.1 Å². The molecule has 0 radical (unpaired) electrons. The van der Waals surface area contributed by atoms with Gasteiger partial charge >= 0.3 is 11.9 Å². The van der Waals surface area contributed by atoms with Crippen LogP contribution >= 0.6 is 0 Å². The lowest BCUT2D eigenvalue weighted by atomic mass is 9.77. The molecule has 0 spiro atoms. The summed E-state index contributed by atoms with van der Waals surface area (Å²) in [5, 5.41) is 0. The zero-order chi connectivity index (χ0) is 30.8. The number of piperidine rings is 2. The van der Waals surface area contributed by atoms with Gasteiger partial charge in [-0.15, -0.1) is 0 Å². The summed E-state index contributed by atoms with van der Waals surface area (Å²) in [4.78, 5) is 30.6. The Morgan fingerprint density at radius 1 is 0.595 bits per heavy atom. The van der Waals surface area contributed by atoms with Crippen LogP contribution in [0, 0.1) is 0 Å². The quantitative estimate of drug-likeness (QED) is 0.244. The van der Waals surface area contributed by atoms with Gasteiger partial charge in [0.1, 0.15) is 12.2 Å². The standard InChI is InChI=1S/C36H50N2O4/c1-33(2)23-29(41-31(39)27-17-11-9-12-18-27)24-34(3,4)37(33)21-15-16-22-38-35(5,6)25-30(26-36(38,7)8)42-32(40)28-19-13-10-14-20-28/h9-20,29-30H,21-26H2,1-8H3. The van der Waals surface area contributed by atoms with Gasteiger partial charge < -0.3 is 9.47 Å². The Kier molecular flexibility index (Phi) is 9.39. The number of benzene rings is 2. The number of carbonyl (C=O) groups is 2. The lowest BCUT2D eigenvalue weighted by Gasteiger charge is -2.55. The molecule has 2 heterocycles. The van der Waals surface area contributed by atoms with E-state index in [1.165, 1.54) is 0 Å². The van der Waals surface area contributed by atoms with Crippen molar-refractivity contribution in [1.29, 1.82) is 0 Å². The van der Waals surface area contributed by atoms with Crippen LogP contribution in [0.4, 0.5) is 0 Å². The van der Waals surface area contributed by atoms with E-state index in [0.717, 1.165) is 38.8 Å². The average Bonchev–Trinajstić information content (AvgIpc) is 2.88. The molecular weight excluding hydrogens is 524 g/mol. The molecule has 6 nitrogen and oxygen atoms in total. The number of likely N-dealkylation sites (tertiary alicyclic amines) is 2. The molecular formula is C36H50N2O4. The van der Waals surface area contributed by atoms with Crippen molar-refractivity contribution in [3.8, 4) is 0 Å². The van der Waals surface area contributed by atoms with Crippen molar-refractivity contribution in [3.63, 3.8) is 0 Å². The zero-order valence-electron chi connectivity index (χ0n) is 26.9. The van der Waals surface area contributed by atoms with Crippen LogP contribution in [0.25, 0.3) is 0 Å². The third-order valence-corrected chi connectivity index (χ3v) is 9.14. The normalized spacial score (nSPS) is 22.6. The second kappa shape index (κ2) is 12.3. The Balaban J connectivity index is 1.35. The van der Waals surface area contributed by atoms with Crippen LogP contribution in [-0.2, 0) is 9.47 Å². The predicted octanol–water partition coefficient (Wildman–Crippen LogP) is 7.30. The molecule has 6 heteroatoms. The molecule has 0 atom stereocenters. The Morgan fingerprint density at radius 2 is 0.881 bits per heavy atom. The highest BCUT2D eigenvalue weighted by Crippen LogP contribution is 2.41. The van der Waals surface area contributed by atoms with Gasteiger partial charge in [0.2, 0.25) is 0 Å². The van der Waals surface area contributed by atoms with E-state index in [4.69, 9.17) is 9.47 Å². The molecule has 42 heavy (non-hydrogen) atoms. The summed E-state index contributed by atoms with van der Waals surface area (Å²) in [5.41, 5.74) is 0.673. The topological polar surface area (TPSA) is 59.1 Å². The van der Waals surface area contributed by atoms with E-state index >= 15 is 0 Å². The van der Waals surface area contributed by atoms with Crippen molar-refractivity contribution in [1.82, 2.24) is 9.80 Å². The van der Waals surface area contributed by atoms with Gasteiger partial charge in [0.25, 0.3) is 0 Å². The van der Waals surface area contributed by atoms with Gasteiger partial charge in [-0.05, 0) is 79.7 Å². The maximum atomic E-state index is 12.7. The lowest BCUT2D eigenvalue weighted by Crippen LogP contribution is -2.62. The molecule has 0 aromatic heterocycles. The summed E-state index contributed by atoms with van der Waals surface area (Å²) < 4.78 is 12.0. The van der Waals surface area contributed by atoms with Gasteiger partial charge in [0.05, 0.1) is 11.1 Å². The van der Waals surface area contributed by atoms with Crippen LogP contribution in [0.3, 0.4) is 0 Å². The first kappa shape index (κ1) is 32.0. The molecule has 2 aromatic carbocycles. The number of rotatable bonds is 8. The van der Waals surface area contributed by atoms with Gasteiger partial charge in [-0.2, -0.15) is 0 Å². The minimum Gasteiger partial charge on any atom is -0.459 e.